The summed E-state index contributed by atoms with van der Waals surface area (Å²) in [4.78, 5) is 11.4. The summed E-state index contributed by atoms with van der Waals surface area (Å²) in [5.74, 6) is 1.29. The predicted octanol–water partition coefficient (Wildman–Crippen LogP) is 4.39. The van der Waals surface area contributed by atoms with Crippen LogP contribution in [0.2, 0.25) is 0 Å². The second kappa shape index (κ2) is 5.96. The van der Waals surface area contributed by atoms with E-state index >= 15 is 0 Å². The second-order valence-electron chi connectivity index (χ2n) is 5.41. The molecule has 3 rings (SSSR count). The number of esters is 1. The fourth-order valence-corrected chi connectivity index (χ4v) is 2.67. The molecule has 0 spiro atoms. The van der Waals surface area contributed by atoms with E-state index in [0.29, 0.717) is 11.8 Å². The zero-order valence-corrected chi connectivity index (χ0v) is 12.0. The van der Waals surface area contributed by atoms with Gasteiger partial charge in [0.2, 0.25) is 0 Å². The quantitative estimate of drug-likeness (QED) is 0.612. The van der Waals surface area contributed by atoms with Gasteiger partial charge in [-0.25, -0.2) is 0 Å². The Bertz CT molecular complexity index is 644. The minimum atomic E-state index is -0.254. The van der Waals surface area contributed by atoms with Crippen molar-refractivity contribution in [1.82, 2.24) is 0 Å². The summed E-state index contributed by atoms with van der Waals surface area (Å²) in [6.45, 7) is 1.46. The summed E-state index contributed by atoms with van der Waals surface area (Å²) >= 11 is 0. The van der Waals surface area contributed by atoms with Crippen molar-refractivity contribution < 1.29 is 9.53 Å². The maximum atomic E-state index is 11.4. The average molecular weight is 278 g/mol. The van der Waals surface area contributed by atoms with E-state index in [1.54, 1.807) is 0 Å². The summed E-state index contributed by atoms with van der Waals surface area (Å²) in [6.07, 6.45) is 3.02. The Kier molecular flexibility index (Phi) is 3.87. The number of carbonyl (C=O) groups is 1. The Morgan fingerprint density at radius 2 is 1.67 bits per heavy atom. The normalized spacial score (nSPS) is 20.9. The largest absolute Gasteiger partial charge is 0.431 e. The van der Waals surface area contributed by atoms with Gasteiger partial charge in [0.15, 0.2) is 0 Å². The Morgan fingerprint density at radius 1 is 1.05 bits per heavy atom. The molecule has 0 N–H and O–H groups in total. The minimum absolute atomic E-state index is 0.254. The second-order valence-corrected chi connectivity index (χ2v) is 5.41. The first-order chi connectivity index (χ1) is 10.2. The molecule has 2 nitrogen and oxygen atoms in total. The molecule has 0 aromatic heterocycles. The molecule has 1 saturated carbocycles. The van der Waals surface area contributed by atoms with Crippen LogP contribution in [0.5, 0.6) is 0 Å². The van der Waals surface area contributed by atoms with Crippen molar-refractivity contribution in [2.75, 3.05) is 0 Å². The van der Waals surface area contributed by atoms with Gasteiger partial charge in [0, 0.05) is 12.8 Å². The van der Waals surface area contributed by atoms with E-state index in [4.69, 9.17) is 4.74 Å². The van der Waals surface area contributed by atoms with E-state index in [9.17, 15) is 4.79 Å². The van der Waals surface area contributed by atoms with Crippen LogP contribution in [0.4, 0.5) is 0 Å². The maximum absolute atomic E-state index is 11.4. The highest BCUT2D eigenvalue weighted by Crippen LogP contribution is 2.52. The number of ether oxygens (including phenoxy) is 1. The SMILES string of the molecule is CC(=O)OC(=Cc1ccccc1)C1CC1c1ccccc1. The number of allylic oxidation sites excluding steroid dienone is 1. The van der Waals surface area contributed by atoms with Gasteiger partial charge in [-0.05, 0) is 29.5 Å². The van der Waals surface area contributed by atoms with Crippen LogP contribution in [0.25, 0.3) is 6.08 Å². The van der Waals surface area contributed by atoms with E-state index in [1.807, 2.05) is 42.5 Å². The highest BCUT2D eigenvalue weighted by Gasteiger charge is 2.42. The molecule has 106 valence electrons. The average Bonchev–Trinajstić information content (AvgIpc) is 3.29. The van der Waals surface area contributed by atoms with E-state index in [-0.39, 0.29) is 5.97 Å². The number of hydrogen-bond donors (Lipinski definition) is 0. The first-order valence-corrected chi connectivity index (χ1v) is 7.24. The summed E-state index contributed by atoms with van der Waals surface area (Å²) in [7, 11) is 0. The van der Waals surface area contributed by atoms with E-state index in [1.165, 1.54) is 12.5 Å². The number of carbonyl (C=O) groups excluding carboxylic acids is 1. The minimum Gasteiger partial charge on any atom is -0.431 e. The molecule has 0 amide bonds. The lowest BCUT2D eigenvalue weighted by molar-refractivity contribution is -0.137. The molecule has 0 saturated heterocycles. The third-order valence-electron chi connectivity index (χ3n) is 3.75. The smallest absolute Gasteiger partial charge is 0.307 e. The molecule has 2 aromatic rings. The van der Waals surface area contributed by atoms with Crippen LogP contribution in [-0.4, -0.2) is 5.97 Å². The highest BCUT2D eigenvalue weighted by molar-refractivity contribution is 5.69. The fourth-order valence-electron chi connectivity index (χ4n) is 2.67. The van der Waals surface area contributed by atoms with Crippen LogP contribution in [-0.2, 0) is 9.53 Å². The summed E-state index contributed by atoms with van der Waals surface area (Å²) in [6, 6.07) is 20.4. The lowest BCUT2D eigenvalue weighted by Crippen LogP contribution is -2.01. The zero-order valence-electron chi connectivity index (χ0n) is 12.0. The van der Waals surface area contributed by atoms with Crippen molar-refractivity contribution in [3.05, 3.63) is 77.5 Å². The fraction of sp³-hybridized carbons (Fsp3) is 0.211. The van der Waals surface area contributed by atoms with Gasteiger partial charge in [-0.2, -0.15) is 0 Å². The van der Waals surface area contributed by atoms with Crippen molar-refractivity contribution in [3.63, 3.8) is 0 Å². The molecular weight excluding hydrogens is 260 g/mol. The Balaban J connectivity index is 1.82. The molecule has 21 heavy (non-hydrogen) atoms. The molecule has 0 aliphatic heterocycles. The molecule has 1 fully saturated rings. The van der Waals surface area contributed by atoms with Crippen LogP contribution in [0, 0.1) is 5.92 Å². The van der Waals surface area contributed by atoms with Crippen molar-refractivity contribution in [3.8, 4) is 0 Å². The standard InChI is InChI=1S/C19H18O2/c1-14(20)21-19(12-15-8-4-2-5-9-15)18-13-17(18)16-10-6-3-7-11-16/h2-12,17-18H,13H2,1H3. The predicted molar refractivity (Wildman–Crippen MR) is 83.5 cm³/mol. The Hall–Kier alpha value is -2.35. The van der Waals surface area contributed by atoms with Gasteiger partial charge >= 0.3 is 5.97 Å². The first kappa shape index (κ1) is 13.6. The third kappa shape index (κ3) is 3.40. The molecule has 0 bridgehead atoms. The first-order valence-electron chi connectivity index (χ1n) is 7.24. The van der Waals surface area contributed by atoms with E-state index in [0.717, 1.165) is 17.7 Å². The van der Waals surface area contributed by atoms with Crippen LogP contribution in [0.1, 0.15) is 30.4 Å². The van der Waals surface area contributed by atoms with Gasteiger partial charge in [-0.1, -0.05) is 60.7 Å². The van der Waals surface area contributed by atoms with Gasteiger partial charge in [0.05, 0.1) is 0 Å². The van der Waals surface area contributed by atoms with E-state index in [2.05, 4.69) is 24.3 Å². The zero-order chi connectivity index (χ0) is 14.7. The molecule has 2 aromatic carbocycles. The van der Waals surface area contributed by atoms with Crippen molar-refractivity contribution in [2.45, 2.75) is 19.3 Å². The molecule has 2 unspecified atom stereocenters. The molecular formula is C19H18O2. The van der Waals surface area contributed by atoms with Gasteiger partial charge in [0.1, 0.15) is 5.76 Å². The van der Waals surface area contributed by atoms with Gasteiger partial charge in [-0.15, -0.1) is 0 Å². The Labute approximate surface area is 125 Å². The lowest BCUT2D eigenvalue weighted by atomic mass is 10.1. The molecule has 0 heterocycles. The number of benzene rings is 2. The van der Waals surface area contributed by atoms with Crippen LogP contribution >= 0.6 is 0 Å². The molecule has 1 aliphatic rings. The number of hydrogen-bond acceptors (Lipinski definition) is 2. The van der Waals surface area contributed by atoms with Crippen LogP contribution in [0.3, 0.4) is 0 Å². The van der Waals surface area contributed by atoms with Crippen molar-refractivity contribution >= 4 is 12.0 Å². The summed E-state index contributed by atoms with van der Waals surface area (Å²) in [5.41, 5.74) is 2.38. The van der Waals surface area contributed by atoms with Crippen molar-refractivity contribution in [1.29, 1.82) is 0 Å². The summed E-state index contributed by atoms with van der Waals surface area (Å²) in [5, 5.41) is 0. The highest BCUT2D eigenvalue weighted by atomic mass is 16.5. The maximum Gasteiger partial charge on any atom is 0.307 e. The van der Waals surface area contributed by atoms with Crippen LogP contribution in [0.15, 0.2) is 66.4 Å². The molecule has 0 radical (unpaired) electrons. The van der Waals surface area contributed by atoms with Gasteiger partial charge in [0.25, 0.3) is 0 Å². The van der Waals surface area contributed by atoms with Gasteiger partial charge < -0.3 is 4.74 Å². The van der Waals surface area contributed by atoms with E-state index < -0.39 is 0 Å². The monoisotopic (exact) mass is 278 g/mol. The third-order valence-corrected chi connectivity index (χ3v) is 3.75. The summed E-state index contributed by atoms with van der Waals surface area (Å²) < 4.78 is 5.45. The Morgan fingerprint density at radius 3 is 2.29 bits per heavy atom. The van der Waals surface area contributed by atoms with Crippen LogP contribution < -0.4 is 0 Å². The topological polar surface area (TPSA) is 26.3 Å². The van der Waals surface area contributed by atoms with Gasteiger partial charge in [-0.3, -0.25) is 4.79 Å². The molecule has 2 heteroatoms. The number of rotatable bonds is 4. The van der Waals surface area contributed by atoms with Crippen molar-refractivity contribution in [2.24, 2.45) is 5.92 Å². The molecule has 2 atom stereocenters. The molecule has 1 aliphatic carbocycles. The lowest BCUT2D eigenvalue weighted by Gasteiger charge is -2.07.